The zero-order chi connectivity index (χ0) is 46.0. The standard InChI is InChI=1S/C48H76O17/c1-22-37(50)42(54-10)38(51)44(59-22)63-41-25(4)58-36(20-32(41)53-9)62-40-24(3)57-35(19-31(40)52-8)61-39-23(2)56-34(18-30(39)49)60-27-13-15-45(5)26(17-27)11-12-29-28(45)14-16-46(6)43-33-21-55-47(43,7)65-48(29,46)64-33/h11,22-25,27-44,49-51H,12-21H2,1-10H3/t22?,23?,24?,25?,27-,28-,29+,30+,31+,32+,33+,34-,35-,36-,37+,38?,39+,40+,41+,42-,43-,44-,45-,46+,47+,48-/m0/s1. The molecule has 2 saturated carbocycles. The summed E-state index contributed by atoms with van der Waals surface area (Å²) in [7, 11) is 4.65. The van der Waals surface area contributed by atoms with Gasteiger partial charge in [0.25, 0.3) is 0 Å². The summed E-state index contributed by atoms with van der Waals surface area (Å²) >= 11 is 0. The number of aliphatic hydroxyl groups excluding tert-OH is 3. The molecular weight excluding hydrogens is 849 g/mol. The molecule has 7 aliphatic heterocycles. The Kier molecular flexibility index (Phi) is 13.0. The summed E-state index contributed by atoms with van der Waals surface area (Å²) in [5, 5.41) is 32.8. The van der Waals surface area contributed by atoms with E-state index in [0.717, 1.165) is 32.1 Å². The number of hydrogen-bond donors (Lipinski definition) is 3. The molecule has 7 saturated heterocycles. The van der Waals surface area contributed by atoms with Crippen molar-refractivity contribution >= 4 is 0 Å². The second-order valence-corrected chi connectivity index (χ2v) is 21.6. The molecule has 370 valence electrons. The van der Waals surface area contributed by atoms with Gasteiger partial charge in [0.1, 0.15) is 36.6 Å². The molecule has 17 nitrogen and oxygen atoms in total. The molecule has 0 aromatic carbocycles. The van der Waals surface area contributed by atoms with Crippen LogP contribution in [-0.2, 0) is 66.3 Å². The average molecular weight is 925 g/mol. The van der Waals surface area contributed by atoms with Gasteiger partial charge in [-0.1, -0.05) is 25.5 Å². The first-order valence-electron chi connectivity index (χ1n) is 24.5. The highest BCUT2D eigenvalue weighted by Crippen LogP contribution is 2.76. The van der Waals surface area contributed by atoms with Crippen LogP contribution in [0, 0.1) is 28.6 Å². The van der Waals surface area contributed by atoms with Crippen molar-refractivity contribution in [3.63, 3.8) is 0 Å². The molecule has 0 spiro atoms. The van der Waals surface area contributed by atoms with E-state index in [-0.39, 0.29) is 35.4 Å². The molecule has 9 fully saturated rings. The van der Waals surface area contributed by atoms with E-state index in [2.05, 4.69) is 26.8 Å². The Morgan fingerprint density at radius 2 is 1.28 bits per heavy atom. The average Bonchev–Trinajstić information content (AvgIpc) is 3.75. The third-order valence-electron chi connectivity index (χ3n) is 18.0. The Bertz CT molecular complexity index is 1730. The fourth-order valence-corrected chi connectivity index (χ4v) is 14.7. The predicted molar refractivity (Wildman–Crippen MR) is 227 cm³/mol. The topological polar surface area (TPSA) is 190 Å². The van der Waals surface area contributed by atoms with E-state index in [1.165, 1.54) is 19.1 Å². The van der Waals surface area contributed by atoms with Gasteiger partial charge in [-0.3, -0.25) is 0 Å². The first-order valence-corrected chi connectivity index (χ1v) is 24.5. The maximum atomic E-state index is 11.5. The van der Waals surface area contributed by atoms with Gasteiger partial charge in [-0.05, 0) is 84.5 Å². The van der Waals surface area contributed by atoms with Crippen molar-refractivity contribution in [2.24, 2.45) is 28.6 Å². The Hall–Kier alpha value is -0.940. The van der Waals surface area contributed by atoms with Crippen molar-refractivity contribution < 1.29 is 81.6 Å². The van der Waals surface area contributed by atoms with Crippen LogP contribution in [0.25, 0.3) is 0 Å². The van der Waals surface area contributed by atoms with Crippen LogP contribution in [-0.4, -0.2) is 172 Å². The lowest BCUT2D eigenvalue weighted by atomic mass is 9.48. The number of allylic oxidation sites excluding steroid dienone is 1. The maximum Gasteiger partial charge on any atom is 0.187 e. The van der Waals surface area contributed by atoms with Gasteiger partial charge in [0.15, 0.2) is 36.7 Å². The Morgan fingerprint density at radius 1 is 0.646 bits per heavy atom. The van der Waals surface area contributed by atoms with Crippen molar-refractivity contribution in [2.75, 3.05) is 27.9 Å². The van der Waals surface area contributed by atoms with Gasteiger partial charge in [0, 0.05) is 51.9 Å². The smallest absolute Gasteiger partial charge is 0.187 e. The Balaban J connectivity index is 0.709. The van der Waals surface area contributed by atoms with Crippen LogP contribution >= 0.6 is 0 Å². The summed E-state index contributed by atoms with van der Waals surface area (Å²) in [6.07, 6.45) is -2.02. The largest absolute Gasteiger partial charge is 0.390 e. The zero-order valence-electron chi connectivity index (χ0n) is 39.9. The highest BCUT2D eigenvalue weighted by Gasteiger charge is 2.83. The fraction of sp³-hybridized carbons (Fsp3) is 0.958. The molecule has 0 radical (unpaired) electrons. The van der Waals surface area contributed by atoms with Gasteiger partial charge in [0.2, 0.25) is 0 Å². The van der Waals surface area contributed by atoms with Gasteiger partial charge >= 0.3 is 0 Å². The molecule has 10 aliphatic rings. The summed E-state index contributed by atoms with van der Waals surface area (Å²) in [5.41, 5.74) is 1.49. The number of hydrogen-bond acceptors (Lipinski definition) is 17. The monoisotopic (exact) mass is 925 g/mol. The number of fused-ring (bicyclic) bond motifs is 3. The molecule has 10 rings (SSSR count). The molecule has 5 unspecified atom stereocenters. The van der Waals surface area contributed by atoms with Crippen molar-refractivity contribution in [2.45, 2.75) is 235 Å². The minimum atomic E-state index is -1.22. The van der Waals surface area contributed by atoms with E-state index in [4.69, 9.17) is 66.3 Å². The van der Waals surface area contributed by atoms with Gasteiger partial charge in [0.05, 0.1) is 67.5 Å². The fourth-order valence-electron chi connectivity index (χ4n) is 14.7. The third-order valence-corrected chi connectivity index (χ3v) is 18.0. The van der Waals surface area contributed by atoms with E-state index < -0.39 is 116 Å². The first kappa shape index (κ1) is 47.7. The second-order valence-electron chi connectivity index (χ2n) is 21.6. The minimum absolute atomic E-state index is 0.00494. The van der Waals surface area contributed by atoms with E-state index in [1.807, 2.05) is 20.8 Å². The van der Waals surface area contributed by atoms with Crippen LogP contribution in [0.2, 0.25) is 0 Å². The van der Waals surface area contributed by atoms with Gasteiger partial charge in [-0.25, -0.2) is 0 Å². The molecule has 17 heteroatoms. The number of ether oxygens (including phenoxy) is 14. The quantitative estimate of drug-likeness (QED) is 0.253. The molecule has 65 heavy (non-hydrogen) atoms. The summed E-state index contributed by atoms with van der Waals surface area (Å²) < 4.78 is 88.1. The third kappa shape index (κ3) is 7.76. The molecule has 0 aromatic heterocycles. The molecule has 0 amide bonds. The molecule has 0 aromatic rings. The highest BCUT2D eigenvalue weighted by molar-refractivity contribution is 5.30. The number of aliphatic hydroxyl groups is 3. The normalized spacial score (nSPS) is 57.3. The molecule has 2 bridgehead atoms. The van der Waals surface area contributed by atoms with Crippen molar-refractivity contribution in [3.8, 4) is 0 Å². The summed E-state index contributed by atoms with van der Waals surface area (Å²) in [6.45, 7) is 15.0. The van der Waals surface area contributed by atoms with E-state index in [1.54, 1.807) is 21.1 Å². The zero-order valence-corrected chi connectivity index (χ0v) is 39.9. The lowest BCUT2D eigenvalue weighted by Crippen LogP contribution is -2.61. The molecule has 26 atom stereocenters. The molecule has 3 aliphatic carbocycles. The Labute approximate surface area is 383 Å². The molecule has 3 N–H and O–H groups in total. The van der Waals surface area contributed by atoms with Crippen LogP contribution < -0.4 is 0 Å². The minimum Gasteiger partial charge on any atom is -0.390 e. The van der Waals surface area contributed by atoms with Crippen molar-refractivity contribution in [1.29, 1.82) is 0 Å². The van der Waals surface area contributed by atoms with Crippen LogP contribution in [0.3, 0.4) is 0 Å². The van der Waals surface area contributed by atoms with Gasteiger partial charge < -0.3 is 81.6 Å². The van der Waals surface area contributed by atoms with Crippen LogP contribution in [0.5, 0.6) is 0 Å². The SMILES string of the molecule is CO[C@@H]1C(O)[C@H](O[C@@H]2C(C)O[C@@H](O[C@@H]3C(C)O[C@@H](O[C@@H]4C(C)O[C@@H](O[C@H]5CC[C@@]6(C)C(=CC[C@@H]7[C@@H]6CC[C@]6(C)[C@@H]8[C@H]9CO[C@]8(C)O[C@@]76O9)C5)C[C@H]4O)C[C@H]3OC)C[C@H]2OC)OC(C)[C@H]1O. The van der Waals surface area contributed by atoms with E-state index >= 15 is 0 Å². The van der Waals surface area contributed by atoms with Crippen LogP contribution in [0.1, 0.15) is 106 Å². The van der Waals surface area contributed by atoms with Crippen LogP contribution in [0.4, 0.5) is 0 Å². The number of rotatable bonds is 11. The summed E-state index contributed by atoms with van der Waals surface area (Å²) in [6, 6.07) is 0. The number of methoxy groups -OCH3 is 3. The van der Waals surface area contributed by atoms with Crippen molar-refractivity contribution in [1.82, 2.24) is 0 Å². The second kappa shape index (κ2) is 17.7. The maximum absolute atomic E-state index is 11.5. The summed E-state index contributed by atoms with van der Waals surface area (Å²) in [5.74, 6) is -0.0884. The molecular formula is C48H76O17. The van der Waals surface area contributed by atoms with Crippen molar-refractivity contribution in [3.05, 3.63) is 11.6 Å². The summed E-state index contributed by atoms with van der Waals surface area (Å²) in [4.78, 5) is 0. The van der Waals surface area contributed by atoms with Gasteiger partial charge in [-0.15, -0.1) is 0 Å². The lowest BCUT2D eigenvalue weighted by molar-refractivity contribution is -0.359. The highest BCUT2D eigenvalue weighted by atomic mass is 16.8. The first-order chi connectivity index (χ1) is 30.9. The lowest BCUT2D eigenvalue weighted by Gasteiger charge is -2.59. The predicted octanol–water partition coefficient (Wildman–Crippen LogP) is 3.85. The van der Waals surface area contributed by atoms with Gasteiger partial charge in [-0.2, -0.15) is 0 Å². The van der Waals surface area contributed by atoms with E-state index in [9.17, 15) is 15.3 Å². The Morgan fingerprint density at radius 3 is 1.91 bits per heavy atom. The van der Waals surface area contributed by atoms with Crippen LogP contribution in [0.15, 0.2) is 11.6 Å². The molecule has 7 heterocycles. The van der Waals surface area contributed by atoms with E-state index in [0.29, 0.717) is 31.3 Å².